The predicted molar refractivity (Wildman–Crippen MR) is 79.3 cm³/mol. The van der Waals surface area contributed by atoms with Crippen molar-refractivity contribution in [3.8, 4) is 0 Å². The van der Waals surface area contributed by atoms with Crippen LogP contribution < -0.4 is 11.1 Å². The second-order valence-electron chi connectivity index (χ2n) is 4.11. The molecule has 0 atom stereocenters. The summed E-state index contributed by atoms with van der Waals surface area (Å²) in [6, 6.07) is 5.89. The minimum absolute atomic E-state index is 0.0341. The summed E-state index contributed by atoms with van der Waals surface area (Å²) >= 11 is 5.71. The molecule has 0 aliphatic heterocycles. The summed E-state index contributed by atoms with van der Waals surface area (Å²) in [5.74, 6) is -1.08. The zero-order chi connectivity index (χ0) is 15.4. The van der Waals surface area contributed by atoms with Gasteiger partial charge in [0.05, 0.1) is 29.2 Å². The number of nitrogens with two attached hydrogens (primary N) is 1. The van der Waals surface area contributed by atoms with Crippen molar-refractivity contribution in [1.29, 1.82) is 0 Å². The van der Waals surface area contributed by atoms with Crippen LogP contribution in [0.4, 0.5) is 21.6 Å². The maximum atomic E-state index is 13.9. The lowest BCUT2D eigenvalue weighted by atomic mass is 10.2. The molecule has 1 heterocycles. The summed E-state index contributed by atoms with van der Waals surface area (Å²) < 4.78 is 18.8. The molecule has 0 radical (unpaired) electrons. The Bertz CT molecular complexity index is 679. The number of carbonyl (C=O) groups excluding carboxylic acids is 1. The molecule has 0 unspecified atom stereocenters. The largest absolute Gasteiger partial charge is 0.462 e. The molecular weight excluding hydrogens is 297 g/mol. The zero-order valence-corrected chi connectivity index (χ0v) is 11.9. The normalized spacial score (nSPS) is 10.2. The molecule has 0 fully saturated rings. The molecule has 2 aromatic rings. The van der Waals surface area contributed by atoms with Crippen LogP contribution in [0, 0.1) is 5.82 Å². The Balaban J connectivity index is 2.40. The molecule has 0 bridgehead atoms. The van der Waals surface area contributed by atoms with Crippen molar-refractivity contribution in [2.24, 2.45) is 0 Å². The third kappa shape index (κ3) is 3.41. The van der Waals surface area contributed by atoms with Crippen molar-refractivity contribution in [1.82, 2.24) is 4.98 Å². The van der Waals surface area contributed by atoms with Crippen molar-refractivity contribution < 1.29 is 13.9 Å². The van der Waals surface area contributed by atoms with E-state index in [4.69, 9.17) is 22.1 Å². The highest BCUT2D eigenvalue weighted by Gasteiger charge is 2.16. The van der Waals surface area contributed by atoms with E-state index in [0.717, 1.165) is 0 Å². The number of anilines is 3. The average Bonchev–Trinajstić information content (AvgIpc) is 2.46. The zero-order valence-electron chi connectivity index (χ0n) is 11.2. The fourth-order valence-electron chi connectivity index (χ4n) is 1.67. The van der Waals surface area contributed by atoms with E-state index in [1.165, 1.54) is 24.4 Å². The van der Waals surface area contributed by atoms with E-state index >= 15 is 0 Å². The van der Waals surface area contributed by atoms with Gasteiger partial charge in [-0.2, -0.15) is 0 Å². The quantitative estimate of drug-likeness (QED) is 0.847. The number of benzene rings is 1. The lowest BCUT2D eigenvalue weighted by Crippen LogP contribution is -2.10. The number of halogens is 2. The number of pyridine rings is 1. The second-order valence-corrected chi connectivity index (χ2v) is 4.52. The van der Waals surface area contributed by atoms with Gasteiger partial charge in [0, 0.05) is 0 Å². The first-order chi connectivity index (χ1) is 10.0. The fraction of sp³-hybridized carbons (Fsp3) is 0.143. The number of nitrogen functional groups attached to an aromatic ring is 1. The van der Waals surface area contributed by atoms with Crippen LogP contribution >= 0.6 is 11.6 Å². The van der Waals surface area contributed by atoms with E-state index in [2.05, 4.69) is 10.3 Å². The van der Waals surface area contributed by atoms with Crippen molar-refractivity contribution in [3.63, 3.8) is 0 Å². The second kappa shape index (κ2) is 6.41. The van der Waals surface area contributed by atoms with Crippen molar-refractivity contribution in [3.05, 3.63) is 46.9 Å². The number of hydrogen-bond acceptors (Lipinski definition) is 5. The lowest BCUT2D eigenvalue weighted by molar-refractivity contribution is 0.0527. The van der Waals surface area contributed by atoms with Gasteiger partial charge in [-0.3, -0.25) is 0 Å². The van der Waals surface area contributed by atoms with Crippen LogP contribution in [-0.2, 0) is 4.74 Å². The minimum atomic E-state index is -0.632. The van der Waals surface area contributed by atoms with Gasteiger partial charge >= 0.3 is 5.97 Å². The Kier molecular flexibility index (Phi) is 4.59. The van der Waals surface area contributed by atoms with Crippen LogP contribution in [-0.4, -0.2) is 17.6 Å². The number of nitrogens with zero attached hydrogens (tertiary/aromatic N) is 1. The van der Waals surface area contributed by atoms with Crippen LogP contribution in [0.5, 0.6) is 0 Å². The number of hydrogen-bond donors (Lipinski definition) is 2. The molecule has 0 spiro atoms. The van der Waals surface area contributed by atoms with E-state index in [0.29, 0.717) is 5.69 Å². The summed E-state index contributed by atoms with van der Waals surface area (Å²) in [7, 11) is 0. The summed E-state index contributed by atoms with van der Waals surface area (Å²) in [5.41, 5.74) is 6.14. The van der Waals surface area contributed by atoms with Gasteiger partial charge in [0.2, 0.25) is 0 Å². The number of nitrogens with one attached hydrogen (secondary N) is 1. The highest BCUT2D eigenvalue weighted by atomic mass is 35.5. The molecular formula is C14H13ClFN3O2. The van der Waals surface area contributed by atoms with Gasteiger partial charge in [-0.05, 0) is 25.1 Å². The first kappa shape index (κ1) is 15.1. The van der Waals surface area contributed by atoms with E-state index in [-0.39, 0.29) is 28.7 Å². The van der Waals surface area contributed by atoms with Crippen molar-refractivity contribution >= 4 is 34.8 Å². The Morgan fingerprint density at radius 2 is 2.29 bits per heavy atom. The highest BCUT2D eigenvalue weighted by molar-refractivity contribution is 6.31. The number of esters is 1. The van der Waals surface area contributed by atoms with Gasteiger partial charge in [-0.25, -0.2) is 14.2 Å². The molecule has 1 aromatic carbocycles. The molecule has 0 saturated carbocycles. The van der Waals surface area contributed by atoms with E-state index < -0.39 is 11.8 Å². The summed E-state index contributed by atoms with van der Waals surface area (Å²) in [5, 5.41) is 2.69. The molecule has 3 N–H and O–H groups in total. The number of rotatable bonds is 4. The molecule has 0 aliphatic rings. The number of ether oxygens (including phenoxy) is 1. The Morgan fingerprint density at radius 1 is 1.52 bits per heavy atom. The molecule has 0 amide bonds. The van der Waals surface area contributed by atoms with Gasteiger partial charge < -0.3 is 15.8 Å². The van der Waals surface area contributed by atoms with Gasteiger partial charge in [-0.1, -0.05) is 17.7 Å². The first-order valence-electron chi connectivity index (χ1n) is 6.16. The number of carbonyl (C=O) groups is 1. The Labute approximate surface area is 125 Å². The summed E-state index contributed by atoms with van der Waals surface area (Å²) in [4.78, 5) is 15.9. The van der Waals surface area contributed by atoms with Crippen LogP contribution in [0.1, 0.15) is 17.3 Å². The molecule has 0 aliphatic carbocycles. The minimum Gasteiger partial charge on any atom is -0.462 e. The third-order valence-corrected chi connectivity index (χ3v) is 2.90. The molecule has 21 heavy (non-hydrogen) atoms. The van der Waals surface area contributed by atoms with Crippen LogP contribution in [0.15, 0.2) is 30.5 Å². The van der Waals surface area contributed by atoms with Gasteiger partial charge in [-0.15, -0.1) is 0 Å². The molecule has 5 nitrogen and oxygen atoms in total. The monoisotopic (exact) mass is 309 g/mol. The summed E-state index contributed by atoms with van der Waals surface area (Å²) in [6.07, 6.45) is 1.35. The fourth-order valence-corrected chi connectivity index (χ4v) is 1.85. The molecule has 7 heteroatoms. The highest BCUT2D eigenvalue weighted by Crippen LogP contribution is 2.27. The smallest absolute Gasteiger partial charge is 0.341 e. The average molecular weight is 310 g/mol. The van der Waals surface area contributed by atoms with E-state index in [1.807, 2.05) is 0 Å². The number of aromatic nitrogens is 1. The topological polar surface area (TPSA) is 77.2 Å². The van der Waals surface area contributed by atoms with E-state index in [1.54, 1.807) is 13.0 Å². The SMILES string of the molecule is CCOC(=O)c1cc(N)cnc1Nc1cccc(Cl)c1F. The van der Waals surface area contributed by atoms with Crippen molar-refractivity contribution in [2.45, 2.75) is 6.92 Å². The van der Waals surface area contributed by atoms with Crippen LogP contribution in [0.3, 0.4) is 0 Å². The Morgan fingerprint density at radius 3 is 3.00 bits per heavy atom. The Hall–Kier alpha value is -2.34. The third-order valence-electron chi connectivity index (χ3n) is 2.61. The molecule has 110 valence electrons. The summed E-state index contributed by atoms with van der Waals surface area (Å²) in [6.45, 7) is 1.89. The molecule has 1 aromatic heterocycles. The van der Waals surface area contributed by atoms with Crippen LogP contribution in [0.25, 0.3) is 0 Å². The first-order valence-corrected chi connectivity index (χ1v) is 6.54. The standard InChI is InChI=1S/C14H13ClFN3O2/c1-2-21-14(20)9-6-8(17)7-18-13(9)19-11-5-3-4-10(15)12(11)16/h3-7H,2,17H2,1H3,(H,18,19). The van der Waals surface area contributed by atoms with Crippen LogP contribution in [0.2, 0.25) is 5.02 Å². The maximum Gasteiger partial charge on any atom is 0.341 e. The van der Waals surface area contributed by atoms with Gasteiger partial charge in [0.1, 0.15) is 11.4 Å². The van der Waals surface area contributed by atoms with Gasteiger partial charge in [0.25, 0.3) is 0 Å². The van der Waals surface area contributed by atoms with Gasteiger partial charge in [0.15, 0.2) is 5.82 Å². The van der Waals surface area contributed by atoms with Crippen molar-refractivity contribution in [2.75, 3.05) is 17.7 Å². The predicted octanol–water partition coefficient (Wildman–Crippen LogP) is 3.38. The lowest BCUT2D eigenvalue weighted by Gasteiger charge is -2.12. The molecule has 2 rings (SSSR count). The molecule has 0 saturated heterocycles. The van der Waals surface area contributed by atoms with E-state index in [9.17, 15) is 9.18 Å². The maximum absolute atomic E-state index is 13.9.